The second-order valence-electron chi connectivity index (χ2n) is 5.57. The second kappa shape index (κ2) is 5.59. The Morgan fingerprint density at radius 3 is 2.48 bits per heavy atom. The van der Waals surface area contributed by atoms with Crippen LogP contribution in [0, 0.1) is 0 Å². The van der Waals surface area contributed by atoms with Crippen LogP contribution in [0.15, 0.2) is 48.0 Å². The number of fused-ring (bicyclic) bond motifs is 2. The minimum atomic E-state index is -0.177. The average Bonchev–Trinajstić information content (AvgIpc) is 3.13. The van der Waals surface area contributed by atoms with Gasteiger partial charge < -0.3 is 0 Å². The third kappa shape index (κ3) is 2.43. The van der Waals surface area contributed by atoms with Crippen LogP contribution >= 0.6 is 11.3 Å². The third-order valence-electron chi connectivity index (χ3n) is 4.12. The summed E-state index contributed by atoms with van der Waals surface area (Å²) in [6.07, 6.45) is 1.59. The highest BCUT2D eigenvalue weighted by Gasteiger charge is 2.34. The Kier molecular flexibility index (Phi) is 3.42. The molecule has 3 aromatic rings. The number of rotatable bonds is 4. The number of thiazole rings is 1. The molecule has 5 heteroatoms. The van der Waals surface area contributed by atoms with E-state index in [0.29, 0.717) is 17.7 Å². The maximum Gasteiger partial charge on any atom is 0.261 e. The summed E-state index contributed by atoms with van der Waals surface area (Å²) >= 11 is 1.62. The topological polar surface area (TPSA) is 50.3 Å². The average molecular weight is 322 g/mol. The van der Waals surface area contributed by atoms with E-state index in [1.54, 1.807) is 35.6 Å². The lowest BCUT2D eigenvalue weighted by Gasteiger charge is -2.13. The molecular formula is C18H14N2O2S. The zero-order chi connectivity index (χ0) is 15.8. The minimum Gasteiger partial charge on any atom is -0.274 e. The molecule has 0 bridgehead atoms. The van der Waals surface area contributed by atoms with Gasteiger partial charge in [-0.1, -0.05) is 18.2 Å². The molecule has 2 heterocycles. The molecule has 1 aliphatic rings. The molecule has 0 spiro atoms. The Hall–Kier alpha value is -2.53. The van der Waals surface area contributed by atoms with Crippen molar-refractivity contribution in [2.75, 3.05) is 6.54 Å². The van der Waals surface area contributed by atoms with Gasteiger partial charge in [0.15, 0.2) is 0 Å². The summed E-state index contributed by atoms with van der Waals surface area (Å²) < 4.78 is 1.17. The number of nitrogens with zero attached hydrogens (tertiary/aromatic N) is 2. The summed E-state index contributed by atoms with van der Waals surface area (Å²) in [4.78, 5) is 30.2. The molecule has 114 valence electrons. The Morgan fingerprint density at radius 2 is 1.74 bits per heavy atom. The van der Waals surface area contributed by atoms with Crippen LogP contribution in [-0.2, 0) is 6.42 Å². The fraction of sp³-hybridized carbons (Fsp3) is 0.167. The first-order valence-corrected chi connectivity index (χ1v) is 8.39. The van der Waals surface area contributed by atoms with E-state index in [1.807, 2.05) is 11.6 Å². The quantitative estimate of drug-likeness (QED) is 0.691. The molecule has 1 aliphatic heterocycles. The molecule has 4 rings (SSSR count). The van der Waals surface area contributed by atoms with E-state index < -0.39 is 0 Å². The molecule has 23 heavy (non-hydrogen) atoms. The van der Waals surface area contributed by atoms with Crippen molar-refractivity contribution in [3.05, 3.63) is 64.7 Å². The summed E-state index contributed by atoms with van der Waals surface area (Å²) in [7, 11) is 0. The Bertz CT molecular complexity index is 881. The molecule has 0 unspecified atom stereocenters. The van der Waals surface area contributed by atoms with Gasteiger partial charge in [0.05, 0.1) is 26.9 Å². The first-order valence-electron chi connectivity index (χ1n) is 7.51. The SMILES string of the molecule is O=C1c2ccccc2C(=O)N1CCCc1ccc2ncsc2c1. The van der Waals surface area contributed by atoms with Crippen molar-refractivity contribution in [1.82, 2.24) is 9.88 Å². The fourth-order valence-electron chi connectivity index (χ4n) is 2.94. The summed E-state index contributed by atoms with van der Waals surface area (Å²) in [5.41, 5.74) is 5.09. The van der Waals surface area contributed by atoms with Gasteiger partial charge in [-0.3, -0.25) is 14.5 Å². The van der Waals surface area contributed by atoms with Crippen LogP contribution in [0.4, 0.5) is 0 Å². The van der Waals surface area contributed by atoms with E-state index in [0.717, 1.165) is 18.4 Å². The van der Waals surface area contributed by atoms with Crippen LogP contribution in [-0.4, -0.2) is 28.2 Å². The molecule has 0 radical (unpaired) electrons. The van der Waals surface area contributed by atoms with E-state index in [-0.39, 0.29) is 11.8 Å². The van der Waals surface area contributed by atoms with Gasteiger partial charge in [0.25, 0.3) is 11.8 Å². The Morgan fingerprint density at radius 1 is 1.00 bits per heavy atom. The maximum absolute atomic E-state index is 12.3. The van der Waals surface area contributed by atoms with Crippen molar-refractivity contribution in [2.24, 2.45) is 0 Å². The molecule has 4 nitrogen and oxygen atoms in total. The smallest absolute Gasteiger partial charge is 0.261 e. The third-order valence-corrected chi connectivity index (χ3v) is 4.91. The van der Waals surface area contributed by atoms with Crippen LogP contribution < -0.4 is 0 Å². The summed E-state index contributed by atoms with van der Waals surface area (Å²) in [6.45, 7) is 0.451. The van der Waals surface area contributed by atoms with Crippen LogP contribution in [0.5, 0.6) is 0 Å². The monoisotopic (exact) mass is 322 g/mol. The number of imide groups is 1. The first kappa shape index (κ1) is 14.1. The number of hydrogen-bond donors (Lipinski definition) is 0. The molecule has 0 N–H and O–H groups in total. The molecule has 0 fully saturated rings. The highest BCUT2D eigenvalue weighted by molar-refractivity contribution is 7.16. The van der Waals surface area contributed by atoms with E-state index in [9.17, 15) is 9.59 Å². The predicted octanol–water partition coefficient (Wildman–Crippen LogP) is 3.53. The number of aromatic nitrogens is 1. The molecule has 2 amide bonds. The summed E-state index contributed by atoms with van der Waals surface area (Å²) in [6, 6.07) is 13.2. The number of benzene rings is 2. The second-order valence-corrected chi connectivity index (χ2v) is 6.45. The van der Waals surface area contributed by atoms with Crippen molar-refractivity contribution in [3.8, 4) is 0 Å². The van der Waals surface area contributed by atoms with Crippen LogP contribution in [0.1, 0.15) is 32.7 Å². The summed E-state index contributed by atoms with van der Waals surface area (Å²) in [5, 5.41) is 0. The largest absolute Gasteiger partial charge is 0.274 e. The standard InChI is InChI=1S/C18H14N2O2S/c21-17-13-5-1-2-6-14(13)18(22)20(17)9-3-4-12-7-8-15-16(10-12)23-11-19-15/h1-2,5-8,10-11H,3-4,9H2. The lowest BCUT2D eigenvalue weighted by Crippen LogP contribution is -2.30. The van der Waals surface area contributed by atoms with Crippen LogP contribution in [0.25, 0.3) is 10.2 Å². The zero-order valence-corrected chi connectivity index (χ0v) is 13.2. The maximum atomic E-state index is 12.3. The lowest BCUT2D eigenvalue weighted by atomic mass is 10.1. The van der Waals surface area contributed by atoms with Gasteiger partial charge in [-0.25, -0.2) is 4.98 Å². The molecule has 1 aromatic heterocycles. The van der Waals surface area contributed by atoms with Crippen LogP contribution in [0.3, 0.4) is 0 Å². The van der Waals surface area contributed by atoms with Gasteiger partial charge in [-0.15, -0.1) is 11.3 Å². The highest BCUT2D eigenvalue weighted by Crippen LogP contribution is 2.23. The van der Waals surface area contributed by atoms with E-state index in [4.69, 9.17) is 0 Å². The van der Waals surface area contributed by atoms with Crippen molar-refractivity contribution in [3.63, 3.8) is 0 Å². The zero-order valence-electron chi connectivity index (χ0n) is 12.4. The van der Waals surface area contributed by atoms with Crippen LogP contribution in [0.2, 0.25) is 0 Å². The fourth-order valence-corrected chi connectivity index (χ4v) is 3.68. The normalized spacial score (nSPS) is 13.8. The first-order chi connectivity index (χ1) is 11.2. The van der Waals surface area contributed by atoms with Crippen molar-refractivity contribution < 1.29 is 9.59 Å². The molecular weight excluding hydrogens is 308 g/mol. The molecule has 0 atom stereocenters. The van der Waals surface area contributed by atoms with Gasteiger partial charge in [-0.2, -0.15) is 0 Å². The van der Waals surface area contributed by atoms with Gasteiger partial charge in [0, 0.05) is 6.54 Å². The van der Waals surface area contributed by atoms with E-state index in [1.165, 1.54) is 15.2 Å². The van der Waals surface area contributed by atoms with E-state index >= 15 is 0 Å². The van der Waals surface area contributed by atoms with Crippen molar-refractivity contribution in [2.45, 2.75) is 12.8 Å². The van der Waals surface area contributed by atoms with Gasteiger partial charge in [0.1, 0.15) is 0 Å². The van der Waals surface area contributed by atoms with Gasteiger partial charge in [0.2, 0.25) is 0 Å². The van der Waals surface area contributed by atoms with Crippen molar-refractivity contribution in [1.29, 1.82) is 0 Å². The molecule has 0 saturated carbocycles. The number of carbonyl (C=O) groups is 2. The number of carbonyl (C=O) groups excluding carboxylic acids is 2. The lowest BCUT2D eigenvalue weighted by molar-refractivity contribution is 0.0652. The Balaban J connectivity index is 1.44. The summed E-state index contributed by atoms with van der Waals surface area (Å²) in [5.74, 6) is -0.355. The Labute approximate surface area is 137 Å². The highest BCUT2D eigenvalue weighted by atomic mass is 32.1. The minimum absolute atomic E-state index is 0.177. The number of amides is 2. The predicted molar refractivity (Wildman–Crippen MR) is 89.8 cm³/mol. The number of hydrogen-bond acceptors (Lipinski definition) is 4. The molecule has 2 aromatic carbocycles. The van der Waals surface area contributed by atoms with E-state index in [2.05, 4.69) is 17.1 Å². The number of aryl methyl sites for hydroxylation is 1. The van der Waals surface area contributed by atoms with Gasteiger partial charge >= 0.3 is 0 Å². The molecule has 0 saturated heterocycles. The molecule has 0 aliphatic carbocycles. The van der Waals surface area contributed by atoms with Crippen molar-refractivity contribution >= 4 is 33.4 Å². The van der Waals surface area contributed by atoms with Gasteiger partial charge in [-0.05, 0) is 42.7 Å².